The molecule has 0 unspecified atom stereocenters. The number of nitrogens with one attached hydrogen (secondary N) is 2. The van der Waals surface area contributed by atoms with Gasteiger partial charge in [-0.3, -0.25) is 4.90 Å². The highest BCUT2D eigenvalue weighted by atomic mass is 79.9. The summed E-state index contributed by atoms with van der Waals surface area (Å²) in [5.74, 6) is 0. The Hall–Kier alpha value is -0.790. The normalized spacial score (nSPS) is 17.2. The second-order valence-corrected chi connectivity index (χ2v) is 5.62. The molecule has 0 bridgehead atoms. The summed E-state index contributed by atoms with van der Waals surface area (Å²) in [6.45, 7) is 5.00. The molecule has 2 N–H and O–H groups in total. The van der Waals surface area contributed by atoms with Crippen LogP contribution in [-0.2, 0) is 6.18 Å². The molecule has 1 fully saturated rings. The Bertz CT molecular complexity index is 445. The van der Waals surface area contributed by atoms with E-state index in [9.17, 15) is 13.2 Å². The molecule has 3 nitrogen and oxygen atoms in total. The van der Waals surface area contributed by atoms with E-state index >= 15 is 0 Å². The molecule has 1 aromatic rings. The third-order valence-electron chi connectivity index (χ3n) is 3.24. The van der Waals surface area contributed by atoms with Gasteiger partial charge in [-0.05, 0) is 18.2 Å². The largest absolute Gasteiger partial charge is 0.418 e. The van der Waals surface area contributed by atoms with Crippen molar-refractivity contribution in [2.75, 3.05) is 44.6 Å². The van der Waals surface area contributed by atoms with E-state index in [2.05, 4.69) is 31.5 Å². The number of alkyl halides is 3. The number of rotatable bonds is 4. The number of hydrogen-bond acceptors (Lipinski definition) is 3. The van der Waals surface area contributed by atoms with E-state index in [-0.39, 0.29) is 5.69 Å². The zero-order chi connectivity index (χ0) is 14.6. The van der Waals surface area contributed by atoms with Gasteiger partial charge >= 0.3 is 6.18 Å². The number of nitrogens with zero attached hydrogens (tertiary/aromatic N) is 1. The van der Waals surface area contributed by atoms with Crippen molar-refractivity contribution in [2.45, 2.75) is 6.18 Å². The molecule has 7 heteroatoms. The maximum Gasteiger partial charge on any atom is 0.418 e. The average molecular weight is 352 g/mol. The highest BCUT2D eigenvalue weighted by Gasteiger charge is 2.33. The van der Waals surface area contributed by atoms with Gasteiger partial charge in [-0.25, -0.2) is 0 Å². The van der Waals surface area contributed by atoms with Crippen molar-refractivity contribution in [3.63, 3.8) is 0 Å². The van der Waals surface area contributed by atoms with E-state index in [0.717, 1.165) is 38.8 Å². The molecule has 0 radical (unpaired) electrons. The van der Waals surface area contributed by atoms with Crippen LogP contribution in [0.2, 0.25) is 0 Å². The number of piperazine rings is 1. The van der Waals surface area contributed by atoms with Crippen molar-refractivity contribution in [1.29, 1.82) is 0 Å². The van der Waals surface area contributed by atoms with Gasteiger partial charge in [0.2, 0.25) is 0 Å². The fraction of sp³-hybridized carbons (Fsp3) is 0.538. The van der Waals surface area contributed by atoms with Crippen molar-refractivity contribution in [3.8, 4) is 0 Å². The monoisotopic (exact) mass is 351 g/mol. The third-order valence-corrected chi connectivity index (χ3v) is 3.73. The van der Waals surface area contributed by atoms with Crippen LogP contribution in [-0.4, -0.2) is 44.2 Å². The van der Waals surface area contributed by atoms with Crippen LogP contribution in [0.15, 0.2) is 22.7 Å². The molecule has 112 valence electrons. The van der Waals surface area contributed by atoms with E-state index in [1.54, 1.807) is 6.07 Å². The minimum Gasteiger partial charge on any atom is -0.383 e. The van der Waals surface area contributed by atoms with Crippen LogP contribution < -0.4 is 10.6 Å². The van der Waals surface area contributed by atoms with E-state index in [1.807, 2.05) is 0 Å². The molecule has 0 saturated carbocycles. The molecule has 2 rings (SSSR count). The Labute approximate surface area is 124 Å². The standard InChI is InChI=1S/C13H17BrF3N3/c14-10-1-2-12(11(9-10)13(15,16)17)19-5-8-20-6-3-18-4-7-20/h1-2,9,18-19H,3-8H2. The quantitative estimate of drug-likeness (QED) is 0.873. The van der Waals surface area contributed by atoms with Crippen molar-refractivity contribution < 1.29 is 13.2 Å². The van der Waals surface area contributed by atoms with Crippen molar-refractivity contribution in [1.82, 2.24) is 10.2 Å². The molecular weight excluding hydrogens is 335 g/mol. The smallest absolute Gasteiger partial charge is 0.383 e. The Kier molecular flexibility index (Phi) is 5.29. The molecule has 0 atom stereocenters. The van der Waals surface area contributed by atoms with Crippen LogP contribution in [0.5, 0.6) is 0 Å². The van der Waals surface area contributed by atoms with Crippen LogP contribution in [0, 0.1) is 0 Å². The second kappa shape index (κ2) is 6.78. The first-order valence-electron chi connectivity index (χ1n) is 6.50. The molecule has 0 aliphatic carbocycles. The lowest BCUT2D eigenvalue weighted by atomic mass is 10.1. The van der Waals surface area contributed by atoms with Gasteiger partial charge in [0.05, 0.1) is 5.56 Å². The molecule has 1 aromatic carbocycles. The zero-order valence-electron chi connectivity index (χ0n) is 10.9. The predicted molar refractivity (Wildman–Crippen MR) is 76.9 cm³/mol. The maximum atomic E-state index is 12.9. The SMILES string of the molecule is FC(F)(F)c1cc(Br)ccc1NCCN1CCNCC1. The number of benzene rings is 1. The van der Waals surface area contributed by atoms with Crippen LogP contribution in [0.25, 0.3) is 0 Å². The Balaban J connectivity index is 1.95. The summed E-state index contributed by atoms with van der Waals surface area (Å²) in [6.07, 6.45) is -4.35. The lowest BCUT2D eigenvalue weighted by molar-refractivity contribution is -0.137. The summed E-state index contributed by atoms with van der Waals surface area (Å²) in [5.41, 5.74) is -0.497. The van der Waals surface area contributed by atoms with E-state index in [0.29, 0.717) is 11.0 Å². The summed E-state index contributed by atoms with van der Waals surface area (Å²) in [7, 11) is 0. The maximum absolute atomic E-state index is 12.9. The molecular formula is C13H17BrF3N3. The van der Waals surface area contributed by atoms with Gasteiger partial charge in [-0.1, -0.05) is 15.9 Å². The van der Waals surface area contributed by atoms with Gasteiger partial charge in [0.25, 0.3) is 0 Å². The van der Waals surface area contributed by atoms with Crippen LogP contribution in [0.4, 0.5) is 18.9 Å². The summed E-state index contributed by atoms with van der Waals surface area (Å²) >= 11 is 3.08. The third kappa shape index (κ3) is 4.36. The van der Waals surface area contributed by atoms with Gasteiger partial charge in [0.15, 0.2) is 0 Å². The van der Waals surface area contributed by atoms with E-state index < -0.39 is 11.7 Å². The first-order chi connectivity index (χ1) is 9.47. The molecule has 1 heterocycles. The fourth-order valence-electron chi connectivity index (χ4n) is 2.19. The molecule has 0 spiro atoms. The first kappa shape index (κ1) is 15.6. The minimum atomic E-state index is -4.35. The molecule has 1 aliphatic heterocycles. The molecule has 0 aromatic heterocycles. The highest BCUT2D eigenvalue weighted by Crippen LogP contribution is 2.36. The van der Waals surface area contributed by atoms with Crippen molar-refractivity contribution >= 4 is 21.6 Å². The van der Waals surface area contributed by atoms with Gasteiger partial charge in [0, 0.05) is 49.4 Å². The fourth-order valence-corrected chi connectivity index (χ4v) is 2.55. The van der Waals surface area contributed by atoms with Crippen molar-refractivity contribution in [3.05, 3.63) is 28.2 Å². The van der Waals surface area contributed by atoms with Crippen LogP contribution >= 0.6 is 15.9 Å². The topological polar surface area (TPSA) is 27.3 Å². The van der Waals surface area contributed by atoms with Gasteiger partial charge in [0.1, 0.15) is 0 Å². The van der Waals surface area contributed by atoms with Gasteiger partial charge in [-0.15, -0.1) is 0 Å². The van der Waals surface area contributed by atoms with Crippen LogP contribution in [0.3, 0.4) is 0 Å². The number of halogens is 4. The van der Waals surface area contributed by atoms with Crippen LogP contribution in [0.1, 0.15) is 5.56 Å². The highest BCUT2D eigenvalue weighted by molar-refractivity contribution is 9.10. The average Bonchev–Trinajstić information content (AvgIpc) is 2.40. The minimum absolute atomic E-state index is 0.135. The second-order valence-electron chi connectivity index (χ2n) is 4.71. The van der Waals surface area contributed by atoms with Gasteiger partial charge in [-0.2, -0.15) is 13.2 Å². The van der Waals surface area contributed by atoms with Crippen molar-refractivity contribution in [2.24, 2.45) is 0 Å². The number of hydrogen-bond donors (Lipinski definition) is 2. The Morgan fingerprint density at radius 3 is 2.60 bits per heavy atom. The lowest BCUT2D eigenvalue weighted by Gasteiger charge is -2.27. The Morgan fingerprint density at radius 1 is 1.25 bits per heavy atom. The first-order valence-corrected chi connectivity index (χ1v) is 7.30. The Morgan fingerprint density at radius 2 is 1.95 bits per heavy atom. The predicted octanol–water partition coefficient (Wildman–Crippen LogP) is 2.79. The summed E-state index contributed by atoms with van der Waals surface area (Å²) in [5, 5.41) is 6.13. The van der Waals surface area contributed by atoms with Gasteiger partial charge < -0.3 is 10.6 Å². The summed E-state index contributed by atoms with van der Waals surface area (Å²) < 4.78 is 39.2. The molecule has 1 aliphatic rings. The molecule has 20 heavy (non-hydrogen) atoms. The lowest BCUT2D eigenvalue weighted by Crippen LogP contribution is -2.45. The molecule has 0 amide bonds. The summed E-state index contributed by atoms with van der Waals surface area (Å²) in [4.78, 5) is 2.23. The zero-order valence-corrected chi connectivity index (χ0v) is 12.5. The molecule has 1 saturated heterocycles. The van der Waals surface area contributed by atoms with E-state index in [1.165, 1.54) is 6.07 Å². The van der Waals surface area contributed by atoms with E-state index in [4.69, 9.17) is 0 Å². The summed E-state index contributed by atoms with van der Waals surface area (Å²) in [6, 6.07) is 4.18. The number of anilines is 1.